The number of hydrogen-bond donors (Lipinski definition) is 2. The third-order valence-electron chi connectivity index (χ3n) is 3.79. The minimum Gasteiger partial charge on any atom is -0.496 e. The summed E-state index contributed by atoms with van der Waals surface area (Å²) in [6.45, 7) is 3.86. The van der Waals surface area contributed by atoms with E-state index in [1.165, 1.54) is 6.08 Å². The zero-order valence-corrected chi connectivity index (χ0v) is 12.0. The molecule has 1 heterocycles. The van der Waals surface area contributed by atoms with Gasteiger partial charge in [0.25, 0.3) is 0 Å². The molecular weight excluding hydrogens is 254 g/mol. The number of hydrogen-bond acceptors (Lipinski definition) is 3. The molecule has 1 aromatic carbocycles. The van der Waals surface area contributed by atoms with Gasteiger partial charge in [-0.3, -0.25) is 0 Å². The minimum atomic E-state index is -0.882. The molecule has 0 bridgehead atoms. The van der Waals surface area contributed by atoms with Crippen molar-refractivity contribution in [3.05, 3.63) is 35.4 Å². The molecule has 108 valence electrons. The number of methoxy groups -OCH3 is 1. The van der Waals surface area contributed by atoms with Crippen molar-refractivity contribution >= 4 is 11.5 Å². The van der Waals surface area contributed by atoms with Crippen LogP contribution in [0, 0.1) is 12.8 Å². The molecule has 1 aliphatic heterocycles. The molecule has 0 saturated carbocycles. The average molecular weight is 275 g/mol. The molecule has 4 nitrogen and oxygen atoms in total. The normalized spacial score (nSPS) is 17.0. The lowest BCUT2D eigenvalue weighted by molar-refractivity contribution is -0.131. The Morgan fingerprint density at radius 1 is 1.40 bits per heavy atom. The summed E-state index contributed by atoms with van der Waals surface area (Å²) in [6, 6.07) is 5.86. The maximum absolute atomic E-state index is 11.1. The fourth-order valence-corrected chi connectivity index (χ4v) is 2.76. The molecule has 0 atom stereocenters. The number of benzene rings is 1. The van der Waals surface area contributed by atoms with Crippen molar-refractivity contribution in [1.29, 1.82) is 0 Å². The van der Waals surface area contributed by atoms with Gasteiger partial charge in [0.05, 0.1) is 7.11 Å². The van der Waals surface area contributed by atoms with Crippen molar-refractivity contribution in [3.8, 4) is 5.75 Å². The summed E-state index contributed by atoms with van der Waals surface area (Å²) in [6.07, 6.45) is 3.31. The van der Waals surface area contributed by atoms with Crippen LogP contribution in [-0.4, -0.2) is 31.3 Å². The Bertz CT molecular complexity index is 516. The molecule has 0 unspecified atom stereocenters. The molecule has 2 N–H and O–H groups in total. The number of carbonyl (C=O) groups is 1. The highest BCUT2D eigenvalue weighted by molar-refractivity contribution is 5.90. The van der Waals surface area contributed by atoms with Gasteiger partial charge in [-0.25, -0.2) is 4.79 Å². The van der Waals surface area contributed by atoms with Crippen molar-refractivity contribution in [2.24, 2.45) is 5.92 Å². The maximum atomic E-state index is 11.1. The van der Waals surface area contributed by atoms with Gasteiger partial charge >= 0.3 is 5.97 Å². The summed E-state index contributed by atoms with van der Waals surface area (Å²) in [5.41, 5.74) is 2.93. The number of rotatable bonds is 4. The van der Waals surface area contributed by atoms with Crippen LogP contribution in [0.15, 0.2) is 24.3 Å². The molecule has 2 rings (SSSR count). The van der Waals surface area contributed by atoms with Crippen LogP contribution in [0.4, 0.5) is 0 Å². The van der Waals surface area contributed by atoms with Crippen LogP contribution in [0.5, 0.6) is 5.75 Å². The van der Waals surface area contributed by atoms with Crippen LogP contribution in [-0.2, 0) is 4.79 Å². The second-order valence-electron chi connectivity index (χ2n) is 5.15. The largest absolute Gasteiger partial charge is 0.496 e. The Kier molecular flexibility index (Phi) is 4.79. The lowest BCUT2D eigenvalue weighted by Crippen LogP contribution is -2.28. The number of aliphatic carboxylic acids is 1. The molecule has 4 heteroatoms. The lowest BCUT2D eigenvalue weighted by atomic mass is 9.85. The minimum absolute atomic E-state index is 0.306. The predicted octanol–water partition coefficient (Wildman–Crippen LogP) is 2.47. The molecule has 20 heavy (non-hydrogen) atoms. The fraction of sp³-hybridized carbons (Fsp3) is 0.438. The van der Waals surface area contributed by atoms with Crippen molar-refractivity contribution in [2.75, 3.05) is 20.2 Å². The van der Waals surface area contributed by atoms with E-state index in [1.54, 1.807) is 7.11 Å². The summed E-state index contributed by atoms with van der Waals surface area (Å²) < 4.78 is 5.26. The fourth-order valence-electron chi connectivity index (χ4n) is 2.76. The van der Waals surface area contributed by atoms with E-state index in [9.17, 15) is 4.79 Å². The van der Waals surface area contributed by atoms with Crippen LogP contribution in [0.25, 0.3) is 5.57 Å². The van der Waals surface area contributed by atoms with E-state index in [2.05, 4.69) is 5.32 Å². The molecule has 1 aliphatic rings. The first-order valence-corrected chi connectivity index (χ1v) is 6.92. The summed E-state index contributed by atoms with van der Waals surface area (Å²) in [5.74, 6) is 0.251. The Hall–Kier alpha value is -1.81. The number of ether oxygens (including phenoxy) is 1. The predicted molar refractivity (Wildman–Crippen MR) is 78.9 cm³/mol. The van der Waals surface area contributed by atoms with Gasteiger partial charge in [0.2, 0.25) is 0 Å². The topological polar surface area (TPSA) is 58.6 Å². The monoisotopic (exact) mass is 275 g/mol. The van der Waals surface area contributed by atoms with Crippen LogP contribution in [0.3, 0.4) is 0 Å². The highest BCUT2D eigenvalue weighted by atomic mass is 16.5. The van der Waals surface area contributed by atoms with Crippen molar-refractivity contribution in [3.63, 3.8) is 0 Å². The standard InChI is InChI=1S/C16H21NO3/c1-11-9-13(3-4-15(11)20-2)14(10-16(18)19)12-5-7-17-8-6-12/h3-4,9-10,12,17H,5-8H2,1-2H3,(H,18,19)/b14-10+. The van der Waals surface area contributed by atoms with Gasteiger partial charge in [0.1, 0.15) is 5.75 Å². The number of nitrogens with one attached hydrogen (secondary N) is 1. The van der Waals surface area contributed by atoms with E-state index in [4.69, 9.17) is 9.84 Å². The maximum Gasteiger partial charge on any atom is 0.328 e. The molecule has 0 aromatic heterocycles. The molecular formula is C16H21NO3. The van der Waals surface area contributed by atoms with Crippen LogP contribution in [0.1, 0.15) is 24.0 Å². The van der Waals surface area contributed by atoms with Gasteiger partial charge in [-0.05, 0) is 67.6 Å². The second kappa shape index (κ2) is 6.57. The van der Waals surface area contributed by atoms with Crippen LogP contribution in [0.2, 0.25) is 0 Å². The molecule has 1 aromatic rings. The van der Waals surface area contributed by atoms with E-state index in [0.29, 0.717) is 5.92 Å². The number of piperidine rings is 1. The first-order chi connectivity index (χ1) is 9.61. The van der Waals surface area contributed by atoms with Gasteiger partial charge in [0.15, 0.2) is 0 Å². The number of carboxylic acids is 1. The molecule has 1 fully saturated rings. The van der Waals surface area contributed by atoms with Crippen molar-refractivity contribution < 1.29 is 14.6 Å². The Morgan fingerprint density at radius 3 is 2.65 bits per heavy atom. The average Bonchev–Trinajstić information content (AvgIpc) is 2.45. The smallest absolute Gasteiger partial charge is 0.328 e. The van der Waals surface area contributed by atoms with E-state index < -0.39 is 5.97 Å². The highest BCUT2D eigenvalue weighted by Crippen LogP contribution is 2.32. The third kappa shape index (κ3) is 3.39. The molecule has 0 spiro atoms. The zero-order valence-electron chi connectivity index (χ0n) is 12.0. The Labute approximate surface area is 119 Å². The molecule has 0 aliphatic carbocycles. The SMILES string of the molecule is COc1ccc(/C(=C/C(=O)O)C2CCNCC2)cc1C. The van der Waals surface area contributed by atoms with Gasteiger partial charge in [-0.2, -0.15) is 0 Å². The lowest BCUT2D eigenvalue weighted by Gasteiger charge is -2.25. The van der Waals surface area contributed by atoms with Crippen molar-refractivity contribution in [1.82, 2.24) is 5.32 Å². The van der Waals surface area contributed by atoms with Gasteiger partial charge in [-0.15, -0.1) is 0 Å². The summed E-state index contributed by atoms with van der Waals surface area (Å²) >= 11 is 0. The first-order valence-electron chi connectivity index (χ1n) is 6.92. The Morgan fingerprint density at radius 2 is 2.10 bits per heavy atom. The van der Waals surface area contributed by atoms with E-state index in [-0.39, 0.29) is 0 Å². The van der Waals surface area contributed by atoms with Gasteiger partial charge in [-0.1, -0.05) is 6.07 Å². The number of aryl methyl sites for hydroxylation is 1. The number of allylic oxidation sites excluding steroid dienone is 1. The molecule has 0 radical (unpaired) electrons. The number of carboxylic acid groups (broad SMARTS) is 1. The summed E-state index contributed by atoms with van der Waals surface area (Å²) in [4.78, 5) is 11.1. The third-order valence-corrected chi connectivity index (χ3v) is 3.79. The molecule has 1 saturated heterocycles. The first kappa shape index (κ1) is 14.6. The quantitative estimate of drug-likeness (QED) is 0.829. The second-order valence-corrected chi connectivity index (χ2v) is 5.15. The van der Waals surface area contributed by atoms with Crippen molar-refractivity contribution in [2.45, 2.75) is 19.8 Å². The summed E-state index contributed by atoms with van der Waals surface area (Å²) in [5, 5.41) is 12.4. The summed E-state index contributed by atoms with van der Waals surface area (Å²) in [7, 11) is 1.64. The zero-order chi connectivity index (χ0) is 14.5. The van der Waals surface area contributed by atoms with E-state index >= 15 is 0 Å². The Balaban J connectivity index is 2.35. The highest BCUT2D eigenvalue weighted by Gasteiger charge is 2.20. The van der Waals surface area contributed by atoms with Gasteiger partial charge < -0.3 is 15.2 Å². The molecule has 0 amide bonds. The van der Waals surface area contributed by atoms with Crippen LogP contribution < -0.4 is 10.1 Å². The van der Waals surface area contributed by atoms with E-state index in [0.717, 1.165) is 48.4 Å². The van der Waals surface area contributed by atoms with Gasteiger partial charge in [0, 0.05) is 6.08 Å². The van der Waals surface area contributed by atoms with E-state index in [1.807, 2.05) is 25.1 Å². The van der Waals surface area contributed by atoms with Crippen LogP contribution >= 0.6 is 0 Å².